The maximum Gasteiger partial charge on any atom is 0.207 e. The SMILES string of the molecule is Cc1ccc(N=P(Oc2cccc(Br)c2)(c2ccc(C)o2)C(C)(C)C)c(C)c1. The third-order valence-corrected chi connectivity index (χ3v) is 8.69. The van der Waals surface area contributed by atoms with Crippen LogP contribution in [0.2, 0.25) is 0 Å². The van der Waals surface area contributed by atoms with Gasteiger partial charge in [0.25, 0.3) is 0 Å². The fourth-order valence-corrected chi connectivity index (χ4v) is 6.40. The van der Waals surface area contributed by atoms with E-state index >= 15 is 0 Å². The number of aryl methyl sites for hydroxylation is 3. The number of benzene rings is 2. The zero-order valence-corrected chi connectivity index (χ0v) is 19.8. The summed E-state index contributed by atoms with van der Waals surface area (Å²) in [4.78, 5) is 0. The van der Waals surface area contributed by atoms with Crippen molar-refractivity contribution in [1.29, 1.82) is 0 Å². The first-order valence-electron chi connectivity index (χ1n) is 9.32. The molecule has 0 amide bonds. The molecule has 1 unspecified atom stereocenters. The Morgan fingerprint density at radius 3 is 2.29 bits per heavy atom. The molecule has 0 saturated carbocycles. The van der Waals surface area contributed by atoms with E-state index in [0.717, 1.165) is 32.7 Å². The molecule has 1 heterocycles. The average Bonchev–Trinajstić information content (AvgIpc) is 3.02. The fourth-order valence-electron chi connectivity index (χ4n) is 3.06. The van der Waals surface area contributed by atoms with Gasteiger partial charge in [-0.25, -0.2) is 4.74 Å². The lowest BCUT2D eigenvalue weighted by Crippen LogP contribution is -2.26. The monoisotopic (exact) mass is 459 g/mol. The van der Waals surface area contributed by atoms with Crippen molar-refractivity contribution in [3.05, 3.63) is 76.0 Å². The third-order valence-electron chi connectivity index (χ3n) is 4.57. The normalized spacial score (nSPS) is 13.8. The Morgan fingerprint density at radius 2 is 1.71 bits per heavy atom. The van der Waals surface area contributed by atoms with Crippen molar-refractivity contribution in [2.45, 2.75) is 46.7 Å². The van der Waals surface area contributed by atoms with Crippen molar-refractivity contribution in [2.75, 3.05) is 0 Å². The van der Waals surface area contributed by atoms with Gasteiger partial charge in [0.2, 0.25) is 7.28 Å². The highest BCUT2D eigenvalue weighted by Crippen LogP contribution is 2.62. The maximum absolute atomic E-state index is 6.76. The molecule has 0 fully saturated rings. The molecular formula is C23H27BrNO2P. The van der Waals surface area contributed by atoms with E-state index in [1.54, 1.807) is 0 Å². The van der Waals surface area contributed by atoms with Crippen LogP contribution in [0.15, 0.2) is 68.2 Å². The van der Waals surface area contributed by atoms with Gasteiger partial charge in [0.15, 0.2) is 5.50 Å². The fraction of sp³-hybridized carbons (Fsp3) is 0.304. The molecule has 5 heteroatoms. The van der Waals surface area contributed by atoms with Crippen molar-refractivity contribution in [3.63, 3.8) is 0 Å². The summed E-state index contributed by atoms with van der Waals surface area (Å²) in [6.07, 6.45) is 0. The van der Waals surface area contributed by atoms with Crippen LogP contribution in [0.5, 0.6) is 5.75 Å². The number of rotatable bonds is 4. The van der Waals surface area contributed by atoms with Crippen LogP contribution < -0.4 is 10.0 Å². The van der Waals surface area contributed by atoms with E-state index in [2.05, 4.69) is 68.7 Å². The molecule has 0 spiro atoms. The van der Waals surface area contributed by atoms with E-state index in [4.69, 9.17) is 13.7 Å². The number of halogens is 1. The van der Waals surface area contributed by atoms with E-state index in [9.17, 15) is 0 Å². The average molecular weight is 460 g/mol. The molecule has 0 radical (unpaired) electrons. The van der Waals surface area contributed by atoms with Crippen molar-refractivity contribution >= 4 is 34.4 Å². The number of nitrogens with zero attached hydrogens (tertiary/aromatic N) is 1. The maximum atomic E-state index is 6.76. The van der Waals surface area contributed by atoms with Gasteiger partial charge in [0.1, 0.15) is 11.5 Å². The highest BCUT2D eigenvalue weighted by atomic mass is 79.9. The molecule has 0 saturated heterocycles. The zero-order valence-electron chi connectivity index (χ0n) is 17.3. The minimum atomic E-state index is -2.58. The molecule has 0 aliphatic carbocycles. The van der Waals surface area contributed by atoms with Gasteiger partial charge in [-0.15, -0.1) is 0 Å². The van der Waals surface area contributed by atoms with Crippen LogP contribution in [0.25, 0.3) is 0 Å². The lowest BCUT2D eigenvalue weighted by atomic mass is 10.1. The molecule has 0 N–H and O–H groups in total. The van der Waals surface area contributed by atoms with E-state index in [1.807, 2.05) is 43.3 Å². The molecule has 2 aromatic carbocycles. The molecule has 1 atom stereocenters. The molecule has 3 rings (SSSR count). The van der Waals surface area contributed by atoms with E-state index in [-0.39, 0.29) is 5.16 Å². The minimum Gasteiger partial charge on any atom is -0.457 e. The highest BCUT2D eigenvalue weighted by Gasteiger charge is 2.41. The predicted molar refractivity (Wildman–Crippen MR) is 123 cm³/mol. The molecule has 3 aromatic rings. The lowest BCUT2D eigenvalue weighted by Gasteiger charge is -2.35. The van der Waals surface area contributed by atoms with Gasteiger partial charge >= 0.3 is 0 Å². The molecule has 3 nitrogen and oxygen atoms in total. The summed E-state index contributed by atoms with van der Waals surface area (Å²) in [6, 6.07) is 18.2. The van der Waals surface area contributed by atoms with E-state index in [1.165, 1.54) is 5.56 Å². The topological polar surface area (TPSA) is 34.7 Å². The Morgan fingerprint density at radius 1 is 0.964 bits per heavy atom. The second-order valence-corrected chi connectivity index (χ2v) is 12.3. The number of hydrogen-bond acceptors (Lipinski definition) is 3. The molecule has 0 aliphatic rings. The van der Waals surface area contributed by atoms with E-state index in [0.29, 0.717) is 0 Å². The minimum absolute atomic E-state index is 0.267. The Labute approximate surface area is 176 Å². The van der Waals surface area contributed by atoms with Crippen molar-refractivity contribution in [3.8, 4) is 5.75 Å². The number of hydrogen-bond donors (Lipinski definition) is 0. The van der Waals surface area contributed by atoms with Crippen LogP contribution >= 0.6 is 23.2 Å². The first-order valence-corrected chi connectivity index (χ1v) is 11.8. The standard InChI is InChI=1S/C23H27BrNO2P/c1-16-10-12-21(17(2)14-16)25-28(23(4,5)6,22-13-11-18(3)26-22)27-20-9-7-8-19(24)15-20/h7-15H,1-6H3. The largest absolute Gasteiger partial charge is 0.457 e. The summed E-state index contributed by atoms with van der Waals surface area (Å²) in [5.41, 5.74) is 4.10. The Hall–Kier alpha value is -1.77. The number of furan rings is 1. The van der Waals surface area contributed by atoms with Crippen molar-refractivity contribution in [2.24, 2.45) is 4.74 Å². The first kappa shape index (κ1) is 21.0. The van der Waals surface area contributed by atoms with Gasteiger partial charge in [-0.05, 0) is 62.7 Å². The van der Waals surface area contributed by atoms with Crippen molar-refractivity contribution in [1.82, 2.24) is 0 Å². The van der Waals surface area contributed by atoms with Gasteiger partial charge in [-0.2, -0.15) is 0 Å². The lowest BCUT2D eigenvalue weighted by molar-refractivity contribution is 0.527. The molecule has 0 aliphatic heterocycles. The smallest absolute Gasteiger partial charge is 0.207 e. The van der Waals surface area contributed by atoms with Crippen LogP contribution in [0.1, 0.15) is 37.7 Å². The first-order chi connectivity index (χ1) is 13.1. The van der Waals surface area contributed by atoms with E-state index < -0.39 is 7.28 Å². The van der Waals surface area contributed by atoms with Crippen LogP contribution in [-0.2, 0) is 0 Å². The van der Waals surface area contributed by atoms with Gasteiger partial charge in [-0.1, -0.05) is 60.5 Å². The second kappa shape index (κ2) is 7.93. The van der Waals surface area contributed by atoms with Crippen LogP contribution in [0.3, 0.4) is 0 Å². The van der Waals surface area contributed by atoms with Gasteiger partial charge in [-0.3, -0.25) is 0 Å². The highest BCUT2D eigenvalue weighted by molar-refractivity contribution is 9.10. The summed E-state index contributed by atoms with van der Waals surface area (Å²) >= 11 is 3.55. The second-order valence-electron chi connectivity index (χ2n) is 8.07. The molecule has 1 aromatic heterocycles. The summed E-state index contributed by atoms with van der Waals surface area (Å²) in [5, 5.41) is -0.267. The molecule has 0 bridgehead atoms. The summed E-state index contributed by atoms with van der Waals surface area (Å²) < 4.78 is 19.2. The Kier molecular flexibility index (Phi) is 5.93. The summed E-state index contributed by atoms with van der Waals surface area (Å²) in [7, 11) is -2.58. The van der Waals surface area contributed by atoms with Gasteiger partial charge < -0.3 is 8.94 Å². The molecule has 148 valence electrons. The third kappa shape index (κ3) is 4.29. The Bertz CT molecular complexity index is 1050. The summed E-state index contributed by atoms with van der Waals surface area (Å²) in [6.45, 7) is 12.7. The Balaban J connectivity index is 2.31. The van der Waals surface area contributed by atoms with Crippen molar-refractivity contribution < 1.29 is 8.94 Å². The van der Waals surface area contributed by atoms with Crippen LogP contribution in [0.4, 0.5) is 5.69 Å². The summed E-state index contributed by atoms with van der Waals surface area (Å²) in [5.74, 6) is 1.64. The molecule has 28 heavy (non-hydrogen) atoms. The zero-order chi connectivity index (χ0) is 20.5. The molecular weight excluding hydrogens is 433 g/mol. The van der Waals surface area contributed by atoms with Gasteiger partial charge in [0, 0.05) is 9.63 Å². The van der Waals surface area contributed by atoms with Crippen LogP contribution in [0, 0.1) is 20.8 Å². The predicted octanol–water partition coefficient (Wildman–Crippen LogP) is 7.92. The van der Waals surface area contributed by atoms with Gasteiger partial charge in [0.05, 0.1) is 5.69 Å². The quantitative estimate of drug-likeness (QED) is 0.371. The van der Waals surface area contributed by atoms with Crippen LogP contribution in [-0.4, -0.2) is 5.16 Å².